The zero-order valence-corrected chi connectivity index (χ0v) is 16.6. The normalized spacial score (nSPS) is 13.4. The Labute approximate surface area is 162 Å². The lowest BCUT2D eigenvalue weighted by molar-refractivity contribution is 0.100. The van der Waals surface area contributed by atoms with Crippen molar-refractivity contribution in [2.45, 2.75) is 32.6 Å². The van der Waals surface area contributed by atoms with E-state index in [9.17, 15) is 9.59 Å². The van der Waals surface area contributed by atoms with Crippen molar-refractivity contribution in [3.8, 4) is 9.88 Å². The highest BCUT2D eigenvalue weighted by Crippen LogP contribution is 2.39. The number of carbonyl (C=O) groups excluding carboxylic acids is 2. The average Bonchev–Trinajstić information content (AvgIpc) is 3.31. The molecule has 0 radical (unpaired) electrons. The van der Waals surface area contributed by atoms with Crippen LogP contribution < -0.4 is 11.1 Å². The number of hydrogen-bond acceptors (Lipinski definition) is 6. The number of aromatic nitrogens is 1. The number of aryl methyl sites for hydroxylation is 2. The maximum atomic E-state index is 12.8. The number of nitrogens with two attached hydrogens (primary N) is 1. The van der Waals surface area contributed by atoms with Crippen molar-refractivity contribution in [3.63, 3.8) is 0 Å². The molecule has 0 aromatic carbocycles. The predicted octanol–water partition coefficient (Wildman–Crippen LogP) is 4.47. The van der Waals surface area contributed by atoms with Gasteiger partial charge in [-0.05, 0) is 49.6 Å². The van der Waals surface area contributed by atoms with Crippen LogP contribution in [0.15, 0.2) is 17.5 Å². The Bertz CT molecular complexity index is 986. The summed E-state index contributed by atoms with van der Waals surface area (Å²) in [6, 6.07) is 3.95. The van der Waals surface area contributed by atoms with Gasteiger partial charge >= 0.3 is 0 Å². The van der Waals surface area contributed by atoms with Crippen LogP contribution in [-0.2, 0) is 12.8 Å². The molecule has 0 atom stereocenters. The molecule has 0 unspecified atom stereocenters. The number of thiophene rings is 2. The summed E-state index contributed by atoms with van der Waals surface area (Å²) in [6.07, 6.45) is 3.95. The molecule has 0 spiro atoms. The lowest BCUT2D eigenvalue weighted by Crippen LogP contribution is -2.18. The molecule has 0 bridgehead atoms. The fourth-order valence-corrected chi connectivity index (χ4v) is 6.24. The van der Waals surface area contributed by atoms with Crippen molar-refractivity contribution in [1.29, 1.82) is 0 Å². The minimum Gasteiger partial charge on any atom is -0.365 e. The monoisotopic (exact) mass is 403 g/mol. The zero-order valence-electron chi connectivity index (χ0n) is 14.1. The van der Waals surface area contributed by atoms with Crippen LogP contribution in [0.5, 0.6) is 0 Å². The first-order valence-corrected chi connectivity index (χ1v) is 10.8. The number of amides is 2. The number of nitrogens with one attached hydrogen (secondary N) is 1. The molecule has 26 heavy (non-hydrogen) atoms. The van der Waals surface area contributed by atoms with Crippen LogP contribution in [0, 0.1) is 6.92 Å². The summed E-state index contributed by atoms with van der Waals surface area (Å²) in [5, 5.41) is 6.31. The smallest absolute Gasteiger partial charge is 0.268 e. The minimum absolute atomic E-state index is 0.232. The van der Waals surface area contributed by atoms with E-state index in [0.717, 1.165) is 41.1 Å². The van der Waals surface area contributed by atoms with Gasteiger partial charge in [-0.1, -0.05) is 6.07 Å². The quantitative estimate of drug-likeness (QED) is 0.674. The van der Waals surface area contributed by atoms with Crippen molar-refractivity contribution in [2.75, 3.05) is 5.32 Å². The molecule has 0 saturated heterocycles. The maximum Gasteiger partial charge on any atom is 0.268 e. The summed E-state index contributed by atoms with van der Waals surface area (Å²) in [5.41, 5.74) is 7.80. The Morgan fingerprint density at radius 3 is 2.77 bits per heavy atom. The van der Waals surface area contributed by atoms with Crippen molar-refractivity contribution >= 4 is 50.8 Å². The van der Waals surface area contributed by atoms with Gasteiger partial charge in [-0.25, -0.2) is 4.98 Å². The summed E-state index contributed by atoms with van der Waals surface area (Å²) in [7, 11) is 0. The highest BCUT2D eigenvalue weighted by Gasteiger charge is 2.26. The van der Waals surface area contributed by atoms with E-state index in [1.165, 1.54) is 27.6 Å². The summed E-state index contributed by atoms with van der Waals surface area (Å²) in [6.45, 7) is 1.83. The first kappa shape index (κ1) is 17.4. The van der Waals surface area contributed by atoms with Gasteiger partial charge in [0, 0.05) is 4.88 Å². The molecule has 3 heterocycles. The van der Waals surface area contributed by atoms with Crippen LogP contribution in [0.1, 0.15) is 49.0 Å². The number of rotatable bonds is 4. The van der Waals surface area contributed by atoms with E-state index in [1.54, 1.807) is 11.3 Å². The fourth-order valence-electron chi connectivity index (χ4n) is 3.19. The van der Waals surface area contributed by atoms with Gasteiger partial charge in [-0.3, -0.25) is 9.59 Å². The number of primary amides is 1. The van der Waals surface area contributed by atoms with Crippen molar-refractivity contribution in [1.82, 2.24) is 4.98 Å². The summed E-state index contributed by atoms with van der Waals surface area (Å²) < 4.78 is 0. The van der Waals surface area contributed by atoms with E-state index in [2.05, 4.69) is 10.3 Å². The number of thiazole rings is 1. The molecule has 3 N–H and O–H groups in total. The van der Waals surface area contributed by atoms with Crippen LogP contribution in [0.2, 0.25) is 0 Å². The van der Waals surface area contributed by atoms with E-state index in [1.807, 2.05) is 24.4 Å². The Morgan fingerprint density at radius 1 is 1.23 bits per heavy atom. The zero-order chi connectivity index (χ0) is 18.3. The molecule has 1 aliphatic carbocycles. The summed E-state index contributed by atoms with van der Waals surface area (Å²) in [5.74, 6) is -0.705. The number of anilines is 1. The molecule has 8 heteroatoms. The van der Waals surface area contributed by atoms with Gasteiger partial charge in [0.1, 0.15) is 14.9 Å². The Hall–Kier alpha value is -2.03. The van der Waals surface area contributed by atoms with Crippen molar-refractivity contribution in [3.05, 3.63) is 44.1 Å². The van der Waals surface area contributed by atoms with E-state index >= 15 is 0 Å². The van der Waals surface area contributed by atoms with Crippen LogP contribution in [0.25, 0.3) is 9.88 Å². The van der Waals surface area contributed by atoms with Crippen LogP contribution in [-0.4, -0.2) is 16.8 Å². The third-order valence-electron chi connectivity index (χ3n) is 4.38. The van der Waals surface area contributed by atoms with Crippen LogP contribution >= 0.6 is 34.0 Å². The Morgan fingerprint density at radius 2 is 2.04 bits per heavy atom. The highest BCUT2D eigenvalue weighted by atomic mass is 32.1. The molecule has 0 saturated carbocycles. The lowest BCUT2D eigenvalue weighted by atomic mass is 9.95. The largest absolute Gasteiger partial charge is 0.365 e. The predicted molar refractivity (Wildman–Crippen MR) is 108 cm³/mol. The number of fused-ring (bicyclic) bond motifs is 1. The SMILES string of the molecule is Cc1nc(-c2cccs2)sc1C(=O)Nc1sc2c(c1C(N)=O)CCCC2. The third kappa shape index (κ3) is 3.08. The van der Waals surface area contributed by atoms with E-state index in [4.69, 9.17) is 5.73 Å². The van der Waals surface area contributed by atoms with Gasteiger partial charge in [0.05, 0.1) is 16.1 Å². The Kier molecular flexibility index (Phi) is 4.64. The molecule has 4 rings (SSSR count). The van der Waals surface area contributed by atoms with Gasteiger partial charge in [-0.15, -0.1) is 34.0 Å². The van der Waals surface area contributed by atoms with Crippen molar-refractivity contribution < 1.29 is 9.59 Å². The molecule has 1 aliphatic rings. The van der Waals surface area contributed by atoms with E-state index in [0.29, 0.717) is 21.1 Å². The molecular formula is C18H17N3O2S3. The maximum absolute atomic E-state index is 12.8. The molecule has 5 nitrogen and oxygen atoms in total. The van der Waals surface area contributed by atoms with Crippen LogP contribution in [0.3, 0.4) is 0 Å². The number of hydrogen-bond donors (Lipinski definition) is 2. The highest BCUT2D eigenvalue weighted by molar-refractivity contribution is 7.22. The molecule has 2 amide bonds. The summed E-state index contributed by atoms with van der Waals surface area (Å²) >= 11 is 4.44. The lowest BCUT2D eigenvalue weighted by Gasteiger charge is -2.11. The van der Waals surface area contributed by atoms with Gasteiger partial charge in [0.15, 0.2) is 0 Å². The number of nitrogens with zero attached hydrogens (tertiary/aromatic N) is 1. The topological polar surface area (TPSA) is 85.1 Å². The Balaban J connectivity index is 1.65. The molecular weight excluding hydrogens is 386 g/mol. The second-order valence-corrected chi connectivity index (χ2v) is 9.20. The molecule has 0 aliphatic heterocycles. The molecule has 0 fully saturated rings. The number of carbonyl (C=O) groups is 2. The first-order valence-electron chi connectivity index (χ1n) is 8.31. The van der Waals surface area contributed by atoms with Gasteiger partial charge < -0.3 is 11.1 Å². The third-order valence-corrected chi connectivity index (χ3v) is 7.78. The van der Waals surface area contributed by atoms with Crippen LogP contribution in [0.4, 0.5) is 5.00 Å². The second-order valence-electron chi connectivity index (χ2n) is 6.14. The summed E-state index contributed by atoms with van der Waals surface area (Å²) in [4.78, 5) is 32.1. The minimum atomic E-state index is -0.472. The van der Waals surface area contributed by atoms with E-state index < -0.39 is 5.91 Å². The van der Waals surface area contributed by atoms with Gasteiger partial charge in [-0.2, -0.15) is 0 Å². The van der Waals surface area contributed by atoms with Crippen molar-refractivity contribution in [2.24, 2.45) is 5.73 Å². The molecule has 134 valence electrons. The standard InChI is InChI=1S/C18H17N3O2S3/c1-9-14(26-17(20-9)12-7-4-8-24-12)16(23)21-18-13(15(19)22)10-5-2-3-6-11(10)25-18/h4,7-8H,2-3,5-6H2,1H3,(H2,19,22)(H,21,23). The second kappa shape index (κ2) is 6.94. The van der Waals surface area contributed by atoms with E-state index in [-0.39, 0.29) is 5.91 Å². The first-order chi connectivity index (χ1) is 12.5. The molecule has 3 aromatic rings. The average molecular weight is 404 g/mol. The van der Waals surface area contributed by atoms with Gasteiger partial charge in [0.25, 0.3) is 11.8 Å². The molecule has 3 aromatic heterocycles. The van der Waals surface area contributed by atoms with Gasteiger partial charge in [0.2, 0.25) is 0 Å². The fraction of sp³-hybridized carbons (Fsp3) is 0.278.